The first-order valence-electron chi connectivity index (χ1n) is 10.4. The molecule has 32 heavy (non-hydrogen) atoms. The largest absolute Gasteiger partial charge is 0.633 e. The molecule has 8 nitrogen and oxygen atoms in total. The van der Waals surface area contributed by atoms with E-state index in [4.69, 9.17) is 0 Å². The Morgan fingerprint density at radius 3 is 2.66 bits per heavy atom. The number of piperidine rings is 3. The van der Waals surface area contributed by atoms with Crippen molar-refractivity contribution < 1.29 is 22.6 Å². The summed E-state index contributed by atoms with van der Waals surface area (Å²) >= 11 is 0. The number of hydrogen-bond acceptors (Lipinski definition) is 7. The zero-order chi connectivity index (χ0) is 22.8. The summed E-state index contributed by atoms with van der Waals surface area (Å²) in [6, 6.07) is 7.83. The number of para-hydroxylation sites is 1. The van der Waals surface area contributed by atoms with E-state index in [1.54, 1.807) is 6.07 Å². The van der Waals surface area contributed by atoms with Gasteiger partial charge in [0.15, 0.2) is 0 Å². The number of hydroxylamine groups is 3. The quantitative estimate of drug-likeness (QED) is 0.492. The molecule has 1 unspecified atom stereocenters. The fourth-order valence-electron chi connectivity index (χ4n) is 4.48. The number of nitrogens with one attached hydrogen (secondary N) is 2. The maximum atomic E-state index is 12.6. The van der Waals surface area contributed by atoms with Crippen LogP contribution in [0.2, 0.25) is 0 Å². The highest BCUT2D eigenvalue weighted by Crippen LogP contribution is 2.37. The van der Waals surface area contributed by atoms with Gasteiger partial charge in [-0.1, -0.05) is 18.2 Å². The molecule has 2 aromatic rings. The molecule has 4 heterocycles. The minimum atomic E-state index is -4.79. The van der Waals surface area contributed by atoms with Gasteiger partial charge in [0.2, 0.25) is 5.95 Å². The number of alkyl halides is 3. The molecule has 1 aromatic carbocycles. The maximum absolute atomic E-state index is 12.6. The van der Waals surface area contributed by atoms with E-state index in [1.165, 1.54) is 24.4 Å². The monoisotopic (exact) mass is 448 g/mol. The van der Waals surface area contributed by atoms with Crippen molar-refractivity contribution in [3.05, 3.63) is 46.8 Å². The first kappa shape index (κ1) is 22.1. The van der Waals surface area contributed by atoms with Gasteiger partial charge in [0.05, 0.1) is 25.8 Å². The average Bonchev–Trinajstić information content (AvgIpc) is 2.76. The van der Waals surface area contributed by atoms with Crippen LogP contribution in [-0.4, -0.2) is 47.2 Å². The number of quaternary nitrogens is 1. The Kier molecular flexibility index (Phi) is 6.08. The standard InChI is InChI=1S/C21H23F3N6O2/c22-21(23,24)32-18-4-2-1-3-15(18)10-27-20-28-11-16(9-25)19(29-20)26-12-17-13-30(31)7-5-14(17)6-8-30/h1-4,11,14,17H,5-8,10,12-13H2,(H2,26,27,28,29). The summed E-state index contributed by atoms with van der Waals surface area (Å²) in [4.78, 5) is 8.40. The zero-order valence-corrected chi connectivity index (χ0v) is 17.2. The Bertz CT molecular complexity index is 1000. The average molecular weight is 448 g/mol. The number of nitrogens with zero attached hydrogens (tertiary/aromatic N) is 4. The maximum Gasteiger partial charge on any atom is 0.573 e. The highest BCUT2D eigenvalue weighted by atomic mass is 19.4. The smallest absolute Gasteiger partial charge is 0.573 e. The van der Waals surface area contributed by atoms with Crippen molar-refractivity contribution in [3.8, 4) is 11.8 Å². The fraction of sp³-hybridized carbons (Fsp3) is 0.476. The number of fused-ring (bicyclic) bond motifs is 3. The zero-order valence-electron chi connectivity index (χ0n) is 17.2. The Labute approximate surface area is 183 Å². The van der Waals surface area contributed by atoms with E-state index in [2.05, 4.69) is 25.3 Å². The van der Waals surface area contributed by atoms with E-state index in [0.29, 0.717) is 37.9 Å². The van der Waals surface area contributed by atoms with Gasteiger partial charge in [-0.2, -0.15) is 10.2 Å². The molecule has 11 heteroatoms. The molecule has 2 N–H and O–H groups in total. The number of aromatic nitrogens is 2. The highest BCUT2D eigenvalue weighted by molar-refractivity contribution is 5.53. The van der Waals surface area contributed by atoms with Crippen LogP contribution in [0.15, 0.2) is 30.5 Å². The van der Waals surface area contributed by atoms with Crippen LogP contribution >= 0.6 is 0 Å². The minimum Gasteiger partial charge on any atom is -0.633 e. The lowest BCUT2D eigenvalue weighted by Gasteiger charge is -2.55. The Morgan fingerprint density at radius 2 is 1.97 bits per heavy atom. The molecule has 3 aliphatic rings. The second-order valence-corrected chi connectivity index (χ2v) is 8.24. The number of ether oxygens (including phenoxy) is 1. The third-order valence-corrected chi connectivity index (χ3v) is 6.12. The molecular formula is C21H23F3N6O2. The van der Waals surface area contributed by atoms with Gasteiger partial charge in [-0.05, 0) is 12.0 Å². The van der Waals surface area contributed by atoms with Crippen molar-refractivity contribution in [1.29, 1.82) is 5.26 Å². The normalized spacial score (nSPS) is 24.6. The number of nitriles is 1. The summed E-state index contributed by atoms with van der Waals surface area (Å²) in [5.74, 6) is 0.885. The second-order valence-electron chi connectivity index (χ2n) is 8.24. The van der Waals surface area contributed by atoms with E-state index in [0.717, 1.165) is 12.8 Å². The van der Waals surface area contributed by atoms with Gasteiger partial charge in [0.25, 0.3) is 0 Å². The summed E-state index contributed by atoms with van der Waals surface area (Å²) < 4.78 is 41.7. The van der Waals surface area contributed by atoms with Crippen molar-refractivity contribution in [2.24, 2.45) is 11.8 Å². The molecule has 170 valence electrons. The predicted molar refractivity (Wildman–Crippen MR) is 110 cm³/mol. The Hall–Kier alpha value is -3.10. The van der Waals surface area contributed by atoms with Crippen LogP contribution in [-0.2, 0) is 6.54 Å². The lowest BCUT2D eigenvalue weighted by atomic mass is 9.78. The molecule has 1 atom stereocenters. The fourth-order valence-corrected chi connectivity index (χ4v) is 4.48. The van der Waals surface area contributed by atoms with Crippen LogP contribution in [0.1, 0.15) is 24.0 Å². The van der Waals surface area contributed by atoms with E-state index < -0.39 is 6.36 Å². The molecule has 2 bridgehead atoms. The molecule has 0 spiro atoms. The first-order chi connectivity index (χ1) is 15.2. The molecule has 0 saturated carbocycles. The summed E-state index contributed by atoms with van der Waals surface area (Å²) in [6.45, 7) is 2.43. The van der Waals surface area contributed by atoms with Gasteiger partial charge >= 0.3 is 6.36 Å². The van der Waals surface area contributed by atoms with Crippen molar-refractivity contribution in [3.63, 3.8) is 0 Å². The summed E-state index contributed by atoms with van der Waals surface area (Å²) in [7, 11) is 0. The molecule has 1 aromatic heterocycles. The number of benzene rings is 1. The molecular weight excluding hydrogens is 425 g/mol. The molecule has 3 saturated heterocycles. The van der Waals surface area contributed by atoms with Gasteiger partial charge in [-0.15, -0.1) is 13.2 Å². The number of hydrogen-bond donors (Lipinski definition) is 2. The summed E-state index contributed by atoms with van der Waals surface area (Å²) in [5, 5.41) is 28.0. The predicted octanol–water partition coefficient (Wildman–Crippen LogP) is 3.63. The SMILES string of the molecule is N#Cc1cnc(NCc2ccccc2OC(F)(F)F)nc1NCC1C[N+]2([O-])CCC1CC2. The third kappa shape index (κ3) is 5.20. The van der Waals surface area contributed by atoms with Crippen LogP contribution < -0.4 is 15.4 Å². The summed E-state index contributed by atoms with van der Waals surface area (Å²) in [6.07, 6.45) is -1.61. The Morgan fingerprint density at radius 1 is 1.22 bits per heavy atom. The molecule has 3 aliphatic heterocycles. The first-order valence-corrected chi connectivity index (χ1v) is 10.4. The molecule has 3 fully saturated rings. The number of rotatable bonds is 7. The van der Waals surface area contributed by atoms with Crippen LogP contribution in [0.25, 0.3) is 0 Å². The van der Waals surface area contributed by atoms with Crippen LogP contribution in [0.4, 0.5) is 24.9 Å². The minimum absolute atomic E-state index is 0.00151. The Balaban J connectivity index is 1.42. The van der Waals surface area contributed by atoms with Crippen LogP contribution in [0.5, 0.6) is 5.75 Å². The van der Waals surface area contributed by atoms with Gasteiger partial charge in [-0.25, -0.2) is 4.98 Å². The lowest BCUT2D eigenvalue weighted by molar-refractivity contribution is -0.901. The lowest BCUT2D eigenvalue weighted by Crippen LogP contribution is -2.59. The highest BCUT2D eigenvalue weighted by Gasteiger charge is 2.41. The number of anilines is 2. The van der Waals surface area contributed by atoms with Gasteiger partial charge in [0.1, 0.15) is 23.2 Å². The van der Waals surface area contributed by atoms with Gasteiger partial charge in [0, 0.05) is 37.4 Å². The number of halogens is 3. The van der Waals surface area contributed by atoms with Crippen molar-refractivity contribution in [2.75, 3.05) is 36.8 Å². The van der Waals surface area contributed by atoms with Crippen molar-refractivity contribution in [2.45, 2.75) is 25.7 Å². The molecule has 0 radical (unpaired) electrons. The van der Waals surface area contributed by atoms with Crippen LogP contribution in [0.3, 0.4) is 0 Å². The van der Waals surface area contributed by atoms with Gasteiger partial charge < -0.3 is 25.2 Å². The molecule has 0 amide bonds. The summed E-state index contributed by atoms with van der Waals surface area (Å²) in [5.41, 5.74) is 0.535. The molecule has 5 rings (SSSR count). The van der Waals surface area contributed by atoms with E-state index in [-0.39, 0.29) is 39.9 Å². The van der Waals surface area contributed by atoms with E-state index in [1.807, 2.05) is 6.07 Å². The van der Waals surface area contributed by atoms with E-state index >= 15 is 0 Å². The molecule has 0 aliphatic carbocycles. The van der Waals surface area contributed by atoms with Gasteiger partial charge in [-0.3, -0.25) is 0 Å². The van der Waals surface area contributed by atoms with Crippen LogP contribution in [0, 0.1) is 28.4 Å². The topological polar surface area (TPSA) is 106 Å². The van der Waals surface area contributed by atoms with Crippen molar-refractivity contribution in [1.82, 2.24) is 9.97 Å². The third-order valence-electron chi connectivity index (χ3n) is 6.12. The second kappa shape index (κ2) is 8.80. The van der Waals surface area contributed by atoms with Crippen molar-refractivity contribution >= 4 is 11.8 Å². The van der Waals surface area contributed by atoms with E-state index in [9.17, 15) is 23.6 Å².